The molecule has 0 unspecified atom stereocenters. The lowest BCUT2D eigenvalue weighted by molar-refractivity contribution is 0.438. The number of guanidine groups is 1. The molecule has 0 amide bonds. The first-order valence-electron chi connectivity index (χ1n) is 13.7. The summed E-state index contributed by atoms with van der Waals surface area (Å²) in [6, 6.07) is 0. The Labute approximate surface area is 268 Å². The molecule has 0 aliphatic carbocycles. The van der Waals surface area contributed by atoms with Gasteiger partial charge in [0.1, 0.15) is 0 Å². The molecule has 1 aliphatic rings. The SMILES string of the molecule is C.Cc1c(CCl)[nH]c(=O)[nH]c1=O.Cc1c(CN2CCN=C2N)[nH]c(=O)[nH]c1=O.Cc1c(CNCCN)[nH]c(=O)[nH]c1=O.NCCN. The first-order chi connectivity index (χ1) is 21.3. The summed E-state index contributed by atoms with van der Waals surface area (Å²) >= 11 is 5.45. The van der Waals surface area contributed by atoms with Gasteiger partial charge in [0.2, 0.25) is 0 Å². The molecular formula is C26H46ClN13O6. The van der Waals surface area contributed by atoms with Crippen LogP contribution >= 0.6 is 11.6 Å². The van der Waals surface area contributed by atoms with E-state index in [1.165, 1.54) is 0 Å². The molecule has 0 aromatic carbocycles. The van der Waals surface area contributed by atoms with Crippen molar-refractivity contribution in [3.8, 4) is 0 Å². The second-order valence-electron chi connectivity index (χ2n) is 9.37. The predicted molar refractivity (Wildman–Crippen MR) is 179 cm³/mol. The Morgan fingerprint density at radius 2 is 1.15 bits per heavy atom. The van der Waals surface area contributed by atoms with Crippen LogP contribution in [-0.4, -0.2) is 80.0 Å². The lowest BCUT2D eigenvalue weighted by Crippen LogP contribution is -2.36. The van der Waals surface area contributed by atoms with Crippen LogP contribution in [0.15, 0.2) is 33.8 Å². The number of aliphatic imine (C=N–C) groups is 1. The zero-order valence-electron chi connectivity index (χ0n) is 25.4. The van der Waals surface area contributed by atoms with Crippen molar-refractivity contribution >= 4 is 17.6 Å². The van der Waals surface area contributed by atoms with Gasteiger partial charge in [-0.3, -0.25) is 34.3 Å². The summed E-state index contributed by atoms with van der Waals surface area (Å²) in [5, 5.41) is 3.00. The second kappa shape index (κ2) is 21.2. The molecule has 0 saturated carbocycles. The highest BCUT2D eigenvalue weighted by molar-refractivity contribution is 6.16. The minimum absolute atomic E-state index is 0. The van der Waals surface area contributed by atoms with Crippen molar-refractivity contribution in [1.29, 1.82) is 0 Å². The molecule has 0 spiro atoms. The molecule has 0 atom stereocenters. The fourth-order valence-electron chi connectivity index (χ4n) is 3.42. The molecule has 0 saturated heterocycles. The maximum absolute atomic E-state index is 11.4. The number of aromatic amines is 6. The Bertz CT molecular complexity index is 1750. The van der Waals surface area contributed by atoms with E-state index in [2.05, 4.69) is 40.2 Å². The third kappa shape index (κ3) is 13.6. The van der Waals surface area contributed by atoms with Gasteiger partial charge in [-0.1, -0.05) is 7.43 Å². The van der Waals surface area contributed by atoms with Crippen LogP contribution in [0.3, 0.4) is 0 Å². The summed E-state index contributed by atoms with van der Waals surface area (Å²) in [5.74, 6) is 0.589. The molecule has 19 nitrogen and oxygen atoms in total. The molecule has 3 aromatic heterocycles. The summed E-state index contributed by atoms with van der Waals surface area (Å²) in [5.41, 5.74) is 21.3. The molecule has 0 fully saturated rings. The van der Waals surface area contributed by atoms with Gasteiger partial charge in [-0.25, -0.2) is 14.4 Å². The molecule has 4 heterocycles. The van der Waals surface area contributed by atoms with E-state index >= 15 is 0 Å². The highest BCUT2D eigenvalue weighted by atomic mass is 35.5. The number of alkyl halides is 1. The van der Waals surface area contributed by atoms with Gasteiger partial charge in [0, 0.05) is 73.0 Å². The van der Waals surface area contributed by atoms with E-state index in [0.717, 1.165) is 0 Å². The lowest BCUT2D eigenvalue weighted by atomic mass is 10.2. The van der Waals surface area contributed by atoms with Crippen LogP contribution in [0.2, 0.25) is 0 Å². The van der Waals surface area contributed by atoms with Gasteiger partial charge in [0.25, 0.3) is 16.7 Å². The van der Waals surface area contributed by atoms with Crippen LogP contribution < -0.4 is 62.0 Å². The van der Waals surface area contributed by atoms with Crippen molar-refractivity contribution in [2.24, 2.45) is 27.9 Å². The fraction of sp³-hybridized carbons (Fsp3) is 0.500. The predicted octanol–water partition coefficient (Wildman–Crippen LogP) is -3.43. The molecule has 4 rings (SSSR count). The van der Waals surface area contributed by atoms with E-state index in [4.69, 9.17) is 34.5 Å². The van der Waals surface area contributed by atoms with Crippen LogP contribution in [0.5, 0.6) is 0 Å². The normalized spacial score (nSPS) is 11.5. The smallest absolute Gasteiger partial charge is 0.325 e. The van der Waals surface area contributed by atoms with Crippen molar-refractivity contribution in [3.05, 3.63) is 96.3 Å². The maximum Gasteiger partial charge on any atom is 0.325 e. The number of nitrogens with one attached hydrogen (secondary N) is 7. The van der Waals surface area contributed by atoms with Gasteiger partial charge < -0.3 is 48.1 Å². The van der Waals surface area contributed by atoms with E-state index in [0.29, 0.717) is 92.1 Å². The Balaban J connectivity index is 0.000000625. The Morgan fingerprint density at radius 1 is 0.717 bits per heavy atom. The first-order valence-corrected chi connectivity index (χ1v) is 14.2. The molecule has 1 aliphatic heterocycles. The maximum atomic E-state index is 11.4. The average molecular weight is 672 g/mol. The van der Waals surface area contributed by atoms with Crippen LogP contribution in [0.4, 0.5) is 0 Å². The second-order valence-corrected chi connectivity index (χ2v) is 9.64. The highest BCUT2D eigenvalue weighted by Crippen LogP contribution is 2.05. The molecule has 15 N–H and O–H groups in total. The highest BCUT2D eigenvalue weighted by Gasteiger charge is 2.16. The van der Waals surface area contributed by atoms with Gasteiger partial charge in [-0.05, 0) is 20.8 Å². The van der Waals surface area contributed by atoms with Gasteiger partial charge in [-0.2, -0.15) is 0 Å². The molecule has 46 heavy (non-hydrogen) atoms. The number of halogens is 1. The third-order valence-corrected chi connectivity index (χ3v) is 6.36. The van der Waals surface area contributed by atoms with E-state index in [1.807, 2.05) is 4.90 Å². The largest absolute Gasteiger partial charge is 0.370 e. The van der Waals surface area contributed by atoms with Gasteiger partial charge in [-0.15, -0.1) is 11.6 Å². The van der Waals surface area contributed by atoms with Crippen LogP contribution in [0, 0.1) is 20.8 Å². The summed E-state index contributed by atoms with van der Waals surface area (Å²) in [6.07, 6.45) is 0. The van der Waals surface area contributed by atoms with Crippen molar-refractivity contribution in [2.75, 3.05) is 39.3 Å². The lowest BCUT2D eigenvalue weighted by Gasteiger charge is -2.17. The summed E-state index contributed by atoms with van der Waals surface area (Å²) in [7, 11) is 0. The van der Waals surface area contributed by atoms with E-state index in [9.17, 15) is 28.8 Å². The van der Waals surface area contributed by atoms with Gasteiger partial charge in [0.15, 0.2) is 5.96 Å². The average Bonchev–Trinajstić information content (AvgIpc) is 3.40. The molecule has 20 heteroatoms. The van der Waals surface area contributed by atoms with Crippen LogP contribution in [0.1, 0.15) is 41.2 Å². The quantitative estimate of drug-likeness (QED) is 0.0823. The number of rotatable bonds is 8. The third-order valence-electron chi connectivity index (χ3n) is 6.09. The minimum atomic E-state index is -0.517. The molecule has 0 radical (unpaired) electrons. The van der Waals surface area contributed by atoms with Crippen molar-refractivity contribution in [2.45, 2.75) is 47.2 Å². The zero-order chi connectivity index (χ0) is 34.1. The number of aromatic nitrogens is 6. The van der Waals surface area contributed by atoms with Crippen LogP contribution in [-0.2, 0) is 19.0 Å². The number of hydrogen-bond donors (Lipinski definition) is 11. The molecular weight excluding hydrogens is 626 g/mol. The Hall–Kier alpha value is -4.56. The summed E-state index contributed by atoms with van der Waals surface area (Å²) in [4.78, 5) is 86.0. The van der Waals surface area contributed by atoms with Gasteiger partial charge in [0.05, 0.1) is 19.0 Å². The summed E-state index contributed by atoms with van der Waals surface area (Å²) < 4.78 is 0. The van der Waals surface area contributed by atoms with Crippen molar-refractivity contribution < 1.29 is 0 Å². The molecule has 258 valence electrons. The fourth-order valence-corrected chi connectivity index (χ4v) is 3.69. The van der Waals surface area contributed by atoms with Crippen LogP contribution in [0.25, 0.3) is 0 Å². The summed E-state index contributed by atoms with van der Waals surface area (Å²) in [6.45, 7) is 9.50. The van der Waals surface area contributed by atoms with Crippen molar-refractivity contribution in [3.63, 3.8) is 0 Å². The van der Waals surface area contributed by atoms with E-state index in [-0.39, 0.29) is 30.0 Å². The number of hydrogen-bond acceptors (Lipinski definition) is 13. The topological polar surface area (TPSA) is 329 Å². The Kier molecular flexibility index (Phi) is 19.1. The minimum Gasteiger partial charge on any atom is -0.370 e. The Morgan fingerprint density at radius 3 is 1.57 bits per heavy atom. The van der Waals surface area contributed by atoms with Crippen molar-refractivity contribution in [1.82, 2.24) is 40.1 Å². The molecule has 0 bridgehead atoms. The zero-order valence-corrected chi connectivity index (χ0v) is 26.2. The van der Waals surface area contributed by atoms with E-state index < -0.39 is 17.1 Å². The number of H-pyrrole nitrogens is 6. The first kappa shape index (κ1) is 41.4. The molecule has 3 aromatic rings. The number of nitrogens with zero attached hydrogens (tertiary/aromatic N) is 2. The van der Waals surface area contributed by atoms with Gasteiger partial charge >= 0.3 is 17.1 Å². The standard InChI is InChI=1S/C9H13N5O2.C8H14N4O2.C6H7ClN2O2.C2H8N2.CH4/c1-5-6(12-9(16)13-7(5)15)4-14-3-2-11-8(14)10;1-5-6(4-10-3-2-9)11-8(14)12-7(5)13;1-3-4(2-7)8-6(11)9-5(3)10;3-1-2-4;/h2-4H2,1H3,(H2,10,11)(H2,12,13,15,16);10H,2-4,9H2,1H3,(H2,11,12,13,14);2H2,1H3,(H2,8,9,10,11);1-4H2;1H4. The number of nitrogens with two attached hydrogens (primary N) is 4. The monoisotopic (exact) mass is 671 g/mol. The van der Waals surface area contributed by atoms with E-state index in [1.54, 1.807) is 20.8 Å².